The predicted molar refractivity (Wildman–Crippen MR) is 110 cm³/mol. The van der Waals surface area contributed by atoms with E-state index in [2.05, 4.69) is 29.4 Å². The molecule has 0 aliphatic carbocycles. The Morgan fingerprint density at radius 3 is 2.44 bits per heavy atom. The van der Waals surface area contributed by atoms with Gasteiger partial charge in [0.1, 0.15) is 0 Å². The molecule has 1 atom stereocenters. The number of carbonyl (C=O) groups excluding carboxylic acids is 1. The number of aromatic nitrogens is 1. The molecule has 0 saturated carbocycles. The number of rotatable bonds is 6. The maximum atomic E-state index is 13.4. The standard InChI is InChI=1S/C24H22N2O/c1-17-9-5-6-12-19(17)15-26-23(18-10-3-2-4-11-18)24(27)21-16-25-22-14-8-7-13-20(21)22/h2-14,16,23,25-26H,15H2,1H3/t23-/m0/s1. The molecule has 0 spiro atoms. The minimum Gasteiger partial charge on any atom is -0.360 e. The summed E-state index contributed by atoms with van der Waals surface area (Å²) in [7, 11) is 0. The molecule has 0 radical (unpaired) electrons. The lowest BCUT2D eigenvalue weighted by Gasteiger charge is -2.19. The smallest absolute Gasteiger partial charge is 0.186 e. The zero-order chi connectivity index (χ0) is 18.6. The molecular formula is C24H22N2O. The summed E-state index contributed by atoms with van der Waals surface area (Å²) < 4.78 is 0. The average Bonchev–Trinajstić information content (AvgIpc) is 3.14. The van der Waals surface area contributed by atoms with E-state index in [9.17, 15) is 4.79 Å². The summed E-state index contributed by atoms with van der Waals surface area (Å²) in [4.78, 5) is 16.7. The number of para-hydroxylation sites is 1. The molecule has 0 aliphatic heterocycles. The number of hydrogen-bond acceptors (Lipinski definition) is 2. The highest BCUT2D eigenvalue weighted by Gasteiger charge is 2.24. The highest BCUT2D eigenvalue weighted by Crippen LogP contribution is 2.25. The Morgan fingerprint density at radius 1 is 0.926 bits per heavy atom. The minimum atomic E-state index is -0.398. The van der Waals surface area contributed by atoms with Crippen molar-refractivity contribution in [2.45, 2.75) is 19.5 Å². The molecule has 3 heteroatoms. The second-order valence-electron chi connectivity index (χ2n) is 6.76. The molecule has 4 rings (SSSR count). The van der Waals surface area contributed by atoms with Crippen molar-refractivity contribution in [2.75, 3.05) is 0 Å². The topological polar surface area (TPSA) is 44.9 Å². The van der Waals surface area contributed by atoms with E-state index in [1.807, 2.05) is 72.9 Å². The number of hydrogen-bond donors (Lipinski definition) is 2. The lowest BCUT2D eigenvalue weighted by Crippen LogP contribution is -2.28. The largest absolute Gasteiger partial charge is 0.360 e. The van der Waals surface area contributed by atoms with Crippen LogP contribution in [0, 0.1) is 6.92 Å². The first-order chi connectivity index (χ1) is 13.2. The Hall–Kier alpha value is -3.17. The third kappa shape index (κ3) is 3.55. The summed E-state index contributed by atoms with van der Waals surface area (Å²) >= 11 is 0. The molecule has 27 heavy (non-hydrogen) atoms. The molecule has 134 valence electrons. The quantitative estimate of drug-likeness (QED) is 0.468. The minimum absolute atomic E-state index is 0.0761. The van der Waals surface area contributed by atoms with Crippen LogP contribution < -0.4 is 5.32 Å². The van der Waals surface area contributed by atoms with Gasteiger partial charge in [0.15, 0.2) is 5.78 Å². The summed E-state index contributed by atoms with van der Waals surface area (Å²) in [5.41, 5.74) is 5.09. The van der Waals surface area contributed by atoms with Crippen LogP contribution in [0.25, 0.3) is 10.9 Å². The van der Waals surface area contributed by atoms with E-state index in [-0.39, 0.29) is 5.78 Å². The number of benzene rings is 3. The molecule has 3 aromatic carbocycles. The van der Waals surface area contributed by atoms with Crippen molar-refractivity contribution in [2.24, 2.45) is 0 Å². The van der Waals surface area contributed by atoms with Gasteiger partial charge in [0, 0.05) is 29.2 Å². The second kappa shape index (κ2) is 7.60. The molecular weight excluding hydrogens is 332 g/mol. The zero-order valence-electron chi connectivity index (χ0n) is 15.3. The maximum Gasteiger partial charge on any atom is 0.186 e. The van der Waals surface area contributed by atoms with Crippen molar-refractivity contribution < 1.29 is 4.79 Å². The van der Waals surface area contributed by atoms with Gasteiger partial charge in [0.2, 0.25) is 0 Å². The Kier molecular flexibility index (Phi) is 4.86. The van der Waals surface area contributed by atoms with Crippen LogP contribution in [0.5, 0.6) is 0 Å². The molecule has 0 bridgehead atoms. The van der Waals surface area contributed by atoms with E-state index in [0.29, 0.717) is 6.54 Å². The molecule has 0 aliphatic rings. The summed E-state index contributed by atoms with van der Waals surface area (Å²) in [6, 6.07) is 25.7. The van der Waals surface area contributed by atoms with Crippen LogP contribution >= 0.6 is 0 Å². The molecule has 1 aromatic heterocycles. The van der Waals surface area contributed by atoms with Gasteiger partial charge in [-0.3, -0.25) is 10.1 Å². The van der Waals surface area contributed by atoms with E-state index in [4.69, 9.17) is 0 Å². The van der Waals surface area contributed by atoms with Crippen molar-refractivity contribution in [1.29, 1.82) is 0 Å². The summed E-state index contributed by atoms with van der Waals surface area (Å²) in [5.74, 6) is 0.0761. The second-order valence-corrected chi connectivity index (χ2v) is 6.76. The van der Waals surface area contributed by atoms with E-state index in [1.54, 1.807) is 0 Å². The van der Waals surface area contributed by atoms with E-state index < -0.39 is 6.04 Å². The Balaban J connectivity index is 1.68. The van der Waals surface area contributed by atoms with E-state index >= 15 is 0 Å². The lowest BCUT2D eigenvalue weighted by atomic mass is 9.96. The first kappa shape index (κ1) is 17.3. The zero-order valence-corrected chi connectivity index (χ0v) is 15.3. The molecule has 2 N–H and O–H groups in total. The first-order valence-electron chi connectivity index (χ1n) is 9.17. The number of Topliss-reactive ketones (excluding diaryl/α,β-unsaturated/α-hetero) is 1. The SMILES string of the molecule is Cc1ccccc1CN[C@H](C(=O)c1c[nH]c2ccccc12)c1ccccc1. The van der Waals surface area contributed by atoms with Gasteiger partial charge in [-0.15, -0.1) is 0 Å². The molecule has 0 unspecified atom stereocenters. The van der Waals surface area contributed by atoms with Crippen molar-refractivity contribution in [1.82, 2.24) is 10.3 Å². The Bertz CT molecular complexity index is 1070. The number of aryl methyl sites for hydroxylation is 1. The van der Waals surface area contributed by atoms with Crippen LogP contribution in [0.3, 0.4) is 0 Å². The number of ketones is 1. The molecule has 0 amide bonds. The maximum absolute atomic E-state index is 13.4. The van der Waals surface area contributed by atoms with Gasteiger partial charge >= 0.3 is 0 Å². The highest BCUT2D eigenvalue weighted by molar-refractivity contribution is 6.10. The third-order valence-corrected chi connectivity index (χ3v) is 5.01. The summed E-state index contributed by atoms with van der Waals surface area (Å²) in [6.07, 6.45) is 1.82. The number of aromatic amines is 1. The number of fused-ring (bicyclic) bond motifs is 1. The van der Waals surface area contributed by atoms with Crippen LogP contribution in [0.4, 0.5) is 0 Å². The molecule has 0 saturated heterocycles. The fraction of sp³-hybridized carbons (Fsp3) is 0.125. The molecule has 4 aromatic rings. The summed E-state index contributed by atoms with van der Waals surface area (Å²) in [6.45, 7) is 2.73. The van der Waals surface area contributed by atoms with Crippen LogP contribution in [0.15, 0.2) is 85.1 Å². The van der Waals surface area contributed by atoms with Gasteiger partial charge in [-0.1, -0.05) is 72.8 Å². The number of nitrogens with one attached hydrogen (secondary N) is 2. The Morgan fingerprint density at radius 2 is 1.63 bits per heavy atom. The van der Waals surface area contributed by atoms with Gasteiger partial charge in [0.25, 0.3) is 0 Å². The van der Waals surface area contributed by atoms with Crippen molar-refractivity contribution in [3.05, 3.63) is 107 Å². The van der Waals surface area contributed by atoms with Gasteiger partial charge in [-0.25, -0.2) is 0 Å². The fourth-order valence-corrected chi connectivity index (χ4v) is 3.46. The fourth-order valence-electron chi connectivity index (χ4n) is 3.46. The van der Waals surface area contributed by atoms with Crippen molar-refractivity contribution in [3.8, 4) is 0 Å². The Labute approximate surface area is 159 Å². The van der Waals surface area contributed by atoms with Crippen LogP contribution in [0.1, 0.15) is 33.1 Å². The molecule has 0 fully saturated rings. The van der Waals surface area contributed by atoms with Crippen LogP contribution in [-0.4, -0.2) is 10.8 Å². The van der Waals surface area contributed by atoms with Crippen LogP contribution in [0.2, 0.25) is 0 Å². The average molecular weight is 354 g/mol. The van der Waals surface area contributed by atoms with Gasteiger partial charge in [0.05, 0.1) is 6.04 Å². The third-order valence-electron chi connectivity index (χ3n) is 5.01. The van der Waals surface area contributed by atoms with Gasteiger partial charge < -0.3 is 4.98 Å². The number of carbonyl (C=O) groups is 1. The molecule has 1 heterocycles. The van der Waals surface area contributed by atoms with Crippen LogP contribution in [-0.2, 0) is 6.54 Å². The van der Waals surface area contributed by atoms with E-state index in [0.717, 1.165) is 22.0 Å². The first-order valence-corrected chi connectivity index (χ1v) is 9.17. The molecule has 3 nitrogen and oxygen atoms in total. The van der Waals surface area contributed by atoms with Gasteiger partial charge in [-0.2, -0.15) is 0 Å². The number of H-pyrrole nitrogens is 1. The van der Waals surface area contributed by atoms with Crippen molar-refractivity contribution in [3.63, 3.8) is 0 Å². The van der Waals surface area contributed by atoms with Gasteiger partial charge in [-0.05, 0) is 29.7 Å². The lowest BCUT2D eigenvalue weighted by molar-refractivity contribution is 0.0943. The van der Waals surface area contributed by atoms with Crippen molar-refractivity contribution >= 4 is 16.7 Å². The predicted octanol–water partition coefficient (Wildman–Crippen LogP) is 5.19. The monoisotopic (exact) mass is 354 g/mol. The highest BCUT2D eigenvalue weighted by atomic mass is 16.1. The summed E-state index contributed by atoms with van der Waals surface area (Å²) in [5, 5.41) is 4.44. The normalized spacial score (nSPS) is 12.2. The van der Waals surface area contributed by atoms with E-state index in [1.165, 1.54) is 11.1 Å².